The number of aromatic nitrogens is 2. The minimum absolute atomic E-state index is 0.428. The molecule has 1 aromatic carbocycles. The van der Waals surface area contributed by atoms with E-state index >= 15 is 0 Å². The highest BCUT2D eigenvalue weighted by atomic mass is 16.6. The summed E-state index contributed by atoms with van der Waals surface area (Å²) in [6, 6.07) is 9.44. The summed E-state index contributed by atoms with van der Waals surface area (Å²) in [5.41, 5.74) is 8.31. The van der Waals surface area contributed by atoms with Crippen molar-refractivity contribution >= 4 is 23.0 Å². The van der Waals surface area contributed by atoms with E-state index in [0.717, 1.165) is 17.0 Å². The fourth-order valence-corrected chi connectivity index (χ4v) is 1.57. The molecule has 0 saturated carbocycles. The summed E-state index contributed by atoms with van der Waals surface area (Å²) in [6.07, 6.45) is 1.42. The second-order valence-corrected chi connectivity index (χ2v) is 3.89. The van der Waals surface area contributed by atoms with Crippen LogP contribution in [0.2, 0.25) is 0 Å². The van der Waals surface area contributed by atoms with E-state index in [2.05, 4.69) is 20.4 Å². The van der Waals surface area contributed by atoms with Crippen LogP contribution >= 0.6 is 0 Å². The molecule has 0 aliphatic carbocycles. The van der Waals surface area contributed by atoms with Crippen molar-refractivity contribution in [2.75, 3.05) is 18.2 Å². The summed E-state index contributed by atoms with van der Waals surface area (Å²) in [5.74, 6) is 1.08. The predicted octanol–water partition coefficient (Wildman–Crippen LogP) is 2.17. The van der Waals surface area contributed by atoms with Crippen LogP contribution in [0.3, 0.4) is 0 Å². The molecule has 0 aliphatic rings. The molecule has 0 saturated heterocycles. The maximum absolute atomic E-state index is 5.59. The fourth-order valence-electron chi connectivity index (χ4n) is 1.57. The standard InChI is InChI=1S/C13H15N5O/c1-9(18-19-2)10-3-5-11(6-4-10)17-13-7-12(14)15-8-16-13/h3-8H,1-2H3,(H3,14,15,16,17). The van der Waals surface area contributed by atoms with E-state index in [0.29, 0.717) is 11.6 Å². The van der Waals surface area contributed by atoms with Gasteiger partial charge in [-0.05, 0) is 24.6 Å². The number of nitrogen functional groups attached to an aromatic ring is 1. The molecule has 6 heteroatoms. The number of anilines is 3. The van der Waals surface area contributed by atoms with Gasteiger partial charge in [0.15, 0.2) is 0 Å². The minimum Gasteiger partial charge on any atom is -0.399 e. The van der Waals surface area contributed by atoms with Crippen LogP contribution in [0.4, 0.5) is 17.3 Å². The van der Waals surface area contributed by atoms with Gasteiger partial charge in [-0.1, -0.05) is 17.3 Å². The summed E-state index contributed by atoms with van der Waals surface area (Å²) in [7, 11) is 1.53. The number of nitrogens with two attached hydrogens (primary N) is 1. The molecule has 1 aromatic heterocycles. The van der Waals surface area contributed by atoms with Gasteiger partial charge in [-0.2, -0.15) is 0 Å². The first kappa shape index (κ1) is 12.8. The van der Waals surface area contributed by atoms with Gasteiger partial charge < -0.3 is 15.9 Å². The number of oxime groups is 1. The second kappa shape index (κ2) is 5.81. The van der Waals surface area contributed by atoms with Gasteiger partial charge in [0.1, 0.15) is 25.1 Å². The van der Waals surface area contributed by atoms with Crippen molar-refractivity contribution in [1.29, 1.82) is 0 Å². The number of hydrogen-bond donors (Lipinski definition) is 2. The molecular formula is C13H15N5O. The first-order valence-corrected chi connectivity index (χ1v) is 5.72. The Bertz CT molecular complexity index is 580. The first-order chi connectivity index (χ1) is 9.19. The molecule has 0 atom stereocenters. The van der Waals surface area contributed by atoms with Crippen LogP contribution in [-0.2, 0) is 4.84 Å². The van der Waals surface area contributed by atoms with Crippen molar-refractivity contribution < 1.29 is 4.84 Å². The van der Waals surface area contributed by atoms with Gasteiger partial charge in [0, 0.05) is 11.8 Å². The number of rotatable bonds is 4. The molecule has 1 heterocycles. The molecule has 3 N–H and O–H groups in total. The molecule has 0 spiro atoms. The van der Waals surface area contributed by atoms with Crippen LogP contribution in [0, 0.1) is 0 Å². The van der Waals surface area contributed by atoms with Gasteiger partial charge in [-0.3, -0.25) is 0 Å². The lowest BCUT2D eigenvalue weighted by Gasteiger charge is -2.06. The van der Waals surface area contributed by atoms with Crippen LogP contribution in [0.1, 0.15) is 12.5 Å². The largest absolute Gasteiger partial charge is 0.399 e. The minimum atomic E-state index is 0.428. The van der Waals surface area contributed by atoms with Crippen molar-refractivity contribution in [2.45, 2.75) is 6.92 Å². The Kier molecular flexibility index (Phi) is 3.92. The zero-order valence-electron chi connectivity index (χ0n) is 10.8. The quantitative estimate of drug-likeness (QED) is 0.647. The molecule has 0 amide bonds. The molecule has 0 bridgehead atoms. The summed E-state index contributed by atoms with van der Waals surface area (Å²) in [6.45, 7) is 1.89. The maximum atomic E-state index is 5.59. The zero-order valence-corrected chi connectivity index (χ0v) is 10.8. The molecular weight excluding hydrogens is 242 g/mol. The van der Waals surface area contributed by atoms with Crippen LogP contribution in [0.5, 0.6) is 0 Å². The monoisotopic (exact) mass is 257 g/mol. The van der Waals surface area contributed by atoms with Crippen LogP contribution in [-0.4, -0.2) is 22.8 Å². The summed E-state index contributed by atoms with van der Waals surface area (Å²) in [5, 5.41) is 7.02. The molecule has 0 fully saturated rings. The van der Waals surface area contributed by atoms with Gasteiger partial charge >= 0.3 is 0 Å². The van der Waals surface area contributed by atoms with E-state index < -0.39 is 0 Å². The highest BCUT2D eigenvalue weighted by molar-refractivity contribution is 5.98. The normalized spacial score (nSPS) is 11.2. The maximum Gasteiger partial charge on any atom is 0.135 e. The lowest BCUT2D eigenvalue weighted by atomic mass is 10.1. The topological polar surface area (TPSA) is 85.4 Å². The van der Waals surface area contributed by atoms with Gasteiger partial charge in [0.25, 0.3) is 0 Å². The first-order valence-electron chi connectivity index (χ1n) is 5.72. The van der Waals surface area contributed by atoms with Crippen molar-refractivity contribution in [3.8, 4) is 0 Å². The lowest BCUT2D eigenvalue weighted by Crippen LogP contribution is -1.99. The molecule has 0 aliphatic heterocycles. The summed E-state index contributed by atoms with van der Waals surface area (Å²) >= 11 is 0. The van der Waals surface area contributed by atoms with Crippen molar-refractivity contribution in [3.63, 3.8) is 0 Å². The molecule has 0 radical (unpaired) electrons. The number of nitrogens with one attached hydrogen (secondary N) is 1. The Labute approximate surface area is 111 Å². The summed E-state index contributed by atoms with van der Waals surface area (Å²) in [4.78, 5) is 12.7. The predicted molar refractivity (Wildman–Crippen MR) is 75.4 cm³/mol. The fraction of sp³-hybridized carbons (Fsp3) is 0.154. The van der Waals surface area contributed by atoms with E-state index in [4.69, 9.17) is 10.6 Å². The van der Waals surface area contributed by atoms with E-state index in [1.807, 2.05) is 31.2 Å². The van der Waals surface area contributed by atoms with Crippen LogP contribution < -0.4 is 11.1 Å². The Morgan fingerprint density at radius 2 is 2.00 bits per heavy atom. The van der Waals surface area contributed by atoms with Crippen LogP contribution in [0.25, 0.3) is 0 Å². The second-order valence-electron chi connectivity index (χ2n) is 3.89. The molecule has 2 aromatic rings. The molecule has 2 rings (SSSR count). The third kappa shape index (κ3) is 3.41. The average Bonchev–Trinajstić information content (AvgIpc) is 2.40. The van der Waals surface area contributed by atoms with E-state index in [9.17, 15) is 0 Å². The number of benzene rings is 1. The van der Waals surface area contributed by atoms with E-state index in [1.165, 1.54) is 13.4 Å². The van der Waals surface area contributed by atoms with Crippen LogP contribution in [0.15, 0.2) is 41.8 Å². The summed E-state index contributed by atoms with van der Waals surface area (Å²) < 4.78 is 0. The molecule has 98 valence electrons. The van der Waals surface area contributed by atoms with Crippen molar-refractivity contribution in [1.82, 2.24) is 9.97 Å². The number of nitrogens with zero attached hydrogens (tertiary/aromatic N) is 3. The Hall–Kier alpha value is -2.63. The highest BCUT2D eigenvalue weighted by Gasteiger charge is 2.00. The third-order valence-corrected chi connectivity index (χ3v) is 2.49. The van der Waals surface area contributed by atoms with E-state index in [-0.39, 0.29) is 0 Å². The SMILES string of the molecule is CON=C(C)c1ccc(Nc2cc(N)ncn2)cc1. The van der Waals surface area contributed by atoms with Crippen molar-refractivity contribution in [2.24, 2.45) is 5.16 Å². The Morgan fingerprint density at radius 1 is 1.26 bits per heavy atom. The number of hydrogen-bond acceptors (Lipinski definition) is 6. The van der Waals surface area contributed by atoms with E-state index in [1.54, 1.807) is 6.07 Å². The Morgan fingerprint density at radius 3 is 2.63 bits per heavy atom. The van der Waals surface area contributed by atoms with Crippen molar-refractivity contribution in [3.05, 3.63) is 42.2 Å². The van der Waals surface area contributed by atoms with Gasteiger partial charge in [-0.15, -0.1) is 0 Å². The van der Waals surface area contributed by atoms with Gasteiger partial charge in [-0.25, -0.2) is 9.97 Å². The Balaban J connectivity index is 2.13. The molecule has 19 heavy (non-hydrogen) atoms. The third-order valence-electron chi connectivity index (χ3n) is 2.49. The zero-order chi connectivity index (χ0) is 13.7. The average molecular weight is 257 g/mol. The highest BCUT2D eigenvalue weighted by Crippen LogP contribution is 2.16. The van der Waals surface area contributed by atoms with Gasteiger partial charge in [0.05, 0.1) is 5.71 Å². The molecule has 6 nitrogen and oxygen atoms in total. The lowest BCUT2D eigenvalue weighted by molar-refractivity contribution is 0.213. The molecule has 0 unspecified atom stereocenters. The smallest absolute Gasteiger partial charge is 0.135 e. The van der Waals surface area contributed by atoms with Gasteiger partial charge in [0.2, 0.25) is 0 Å².